The Morgan fingerprint density at radius 1 is 0.875 bits per heavy atom. The lowest BCUT2D eigenvalue weighted by molar-refractivity contribution is 0.108. The molecule has 0 saturated heterocycles. The summed E-state index contributed by atoms with van der Waals surface area (Å²) in [5.41, 5.74) is 2.90. The van der Waals surface area contributed by atoms with Crippen molar-refractivity contribution < 1.29 is 25.2 Å². The van der Waals surface area contributed by atoms with Crippen molar-refractivity contribution in [1.29, 1.82) is 0 Å². The highest BCUT2D eigenvalue weighted by Crippen LogP contribution is 2.22. The van der Waals surface area contributed by atoms with Gasteiger partial charge in [0.05, 0.1) is 12.7 Å². The normalized spacial score (nSPS) is 13.0. The number of hydrogen-bond donors (Lipinski definition) is 5. The Hall–Kier alpha value is -2.61. The minimum Gasteiger partial charge on any atom is -0.508 e. The van der Waals surface area contributed by atoms with Crippen LogP contribution >= 0.6 is 11.6 Å². The standard InChI is InChI=1S/C25H28ClNO5/c26-21-6-3-18(4-7-21)25(31)16-32-22-8-1-17(2-9-22)11-12-27-14-24(30)19-5-10-23(29)20(13-19)15-28/h1-10,13,24-25,27-31H,11-12,14-16H2. The number of aromatic hydroxyl groups is 1. The van der Waals surface area contributed by atoms with E-state index in [2.05, 4.69) is 5.32 Å². The monoisotopic (exact) mass is 457 g/mol. The summed E-state index contributed by atoms with van der Waals surface area (Å²) in [6.45, 7) is 0.909. The first-order chi connectivity index (χ1) is 15.5. The second-order valence-corrected chi connectivity index (χ2v) is 7.97. The molecule has 170 valence electrons. The Morgan fingerprint density at radius 3 is 2.25 bits per heavy atom. The first kappa shape index (κ1) is 24.0. The Labute approximate surface area is 192 Å². The number of hydrogen-bond acceptors (Lipinski definition) is 6. The number of aliphatic hydroxyl groups excluding tert-OH is 3. The smallest absolute Gasteiger partial charge is 0.121 e. The fourth-order valence-electron chi connectivity index (χ4n) is 3.24. The van der Waals surface area contributed by atoms with Gasteiger partial charge >= 0.3 is 0 Å². The van der Waals surface area contributed by atoms with Gasteiger partial charge in [-0.1, -0.05) is 41.9 Å². The molecule has 5 N–H and O–H groups in total. The Kier molecular flexibility index (Phi) is 8.90. The van der Waals surface area contributed by atoms with Gasteiger partial charge in [-0.15, -0.1) is 0 Å². The van der Waals surface area contributed by atoms with Crippen molar-refractivity contribution >= 4 is 11.6 Å². The molecule has 7 heteroatoms. The molecule has 2 unspecified atom stereocenters. The Balaban J connectivity index is 1.39. The molecule has 0 fully saturated rings. The lowest BCUT2D eigenvalue weighted by Gasteiger charge is -2.14. The average molecular weight is 458 g/mol. The zero-order chi connectivity index (χ0) is 22.9. The summed E-state index contributed by atoms with van der Waals surface area (Å²) in [5.74, 6) is 0.695. The van der Waals surface area contributed by atoms with Crippen LogP contribution in [0.5, 0.6) is 11.5 Å². The van der Waals surface area contributed by atoms with E-state index in [0.717, 1.165) is 17.5 Å². The van der Waals surface area contributed by atoms with Gasteiger partial charge in [-0.3, -0.25) is 0 Å². The van der Waals surface area contributed by atoms with Crippen LogP contribution in [-0.4, -0.2) is 40.1 Å². The number of nitrogens with one attached hydrogen (secondary N) is 1. The zero-order valence-electron chi connectivity index (χ0n) is 17.6. The molecule has 0 aliphatic carbocycles. The molecule has 0 aliphatic heterocycles. The molecule has 6 nitrogen and oxygen atoms in total. The number of rotatable bonds is 11. The van der Waals surface area contributed by atoms with Crippen LogP contribution in [0.1, 0.15) is 34.5 Å². The molecule has 3 rings (SSSR count). The van der Waals surface area contributed by atoms with Crippen LogP contribution in [-0.2, 0) is 13.0 Å². The molecule has 0 amide bonds. The number of benzene rings is 3. The van der Waals surface area contributed by atoms with Crippen molar-refractivity contribution in [3.8, 4) is 11.5 Å². The van der Waals surface area contributed by atoms with E-state index in [1.165, 1.54) is 6.07 Å². The lowest BCUT2D eigenvalue weighted by Crippen LogP contribution is -2.23. The van der Waals surface area contributed by atoms with E-state index in [4.69, 9.17) is 16.3 Å². The molecule has 0 radical (unpaired) electrons. The largest absolute Gasteiger partial charge is 0.508 e. The summed E-state index contributed by atoms with van der Waals surface area (Å²) < 4.78 is 5.67. The van der Waals surface area contributed by atoms with Gasteiger partial charge in [0.15, 0.2) is 0 Å². The number of ether oxygens (including phenoxy) is 1. The van der Waals surface area contributed by atoms with Gasteiger partial charge in [0.1, 0.15) is 24.2 Å². The van der Waals surface area contributed by atoms with Gasteiger partial charge < -0.3 is 30.5 Å². The quantitative estimate of drug-likeness (QED) is 0.282. The van der Waals surface area contributed by atoms with Gasteiger partial charge in [0.25, 0.3) is 0 Å². The van der Waals surface area contributed by atoms with Crippen LogP contribution in [0.2, 0.25) is 5.02 Å². The third kappa shape index (κ3) is 6.95. The summed E-state index contributed by atoms with van der Waals surface area (Å²) in [6.07, 6.45) is -0.689. The van der Waals surface area contributed by atoms with Gasteiger partial charge in [-0.2, -0.15) is 0 Å². The molecular weight excluding hydrogens is 430 g/mol. The fraction of sp³-hybridized carbons (Fsp3) is 0.280. The van der Waals surface area contributed by atoms with Gasteiger partial charge in [-0.25, -0.2) is 0 Å². The van der Waals surface area contributed by atoms with Crippen LogP contribution in [0.25, 0.3) is 0 Å². The summed E-state index contributed by atoms with van der Waals surface area (Å²) in [5, 5.41) is 43.2. The predicted molar refractivity (Wildman–Crippen MR) is 124 cm³/mol. The average Bonchev–Trinajstić information content (AvgIpc) is 2.81. The first-order valence-electron chi connectivity index (χ1n) is 10.4. The second-order valence-electron chi connectivity index (χ2n) is 7.54. The number of aliphatic hydroxyl groups is 3. The molecule has 32 heavy (non-hydrogen) atoms. The van der Waals surface area contributed by atoms with E-state index in [-0.39, 0.29) is 19.0 Å². The third-order valence-corrected chi connectivity index (χ3v) is 5.42. The molecule has 0 saturated carbocycles. The van der Waals surface area contributed by atoms with Gasteiger partial charge in [0.2, 0.25) is 0 Å². The van der Waals surface area contributed by atoms with E-state index in [1.807, 2.05) is 24.3 Å². The summed E-state index contributed by atoms with van der Waals surface area (Å²) in [7, 11) is 0. The molecular formula is C25H28ClNO5. The van der Waals surface area contributed by atoms with Crippen LogP contribution in [0.15, 0.2) is 66.7 Å². The first-order valence-corrected chi connectivity index (χ1v) is 10.8. The van der Waals surface area contributed by atoms with Crippen molar-refractivity contribution in [3.63, 3.8) is 0 Å². The summed E-state index contributed by atoms with van der Waals surface area (Å²) >= 11 is 5.86. The summed E-state index contributed by atoms with van der Waals surface area (Å²) in [4.78, 5) is 0. The minimum absolute atomic E-state index is 0.0170. The predicted octanol–water partition coefficient (Wildman–Crippen LogP) is 3.52. The van der Waals surface area contributed by atoms with E-state index < -0.39 is 12.2 Å². The van der Waals surface area contributed by atoms with Crippen LogP contribution in [0, 0.1) is 0 Å². The molecule has 3 aromatic carbocycles. The maximum absolute atomic E-state index is 10.3. The van der Waals surface area contributed by atoms with E-state index in [9.17, 15) is 20.4 Å². The highest BCUT2D eigenvalue weighted by atomic mass is 35.5. The third-order valence-electron chi connectivity index (χ3n) is 5.17. The van der Waals surface area contributed by atoms with E-state index in [0.29, 0.717) is 35.0 Å². The molecule has 0 heterocycles. The SMILES string of the molecule is OCc1cc(C(O)CNCCc2ccc(OCC(O)c3ccc(Cl)cc3)cc2)ccc1O. The summed E-state index contributed by atoms with van der Waals surface area (Å²) in [6, 6.07) is 19.4. The molecule has 2 atom stereocenters. The van der Waals surface area contributed by atoms with E-state index in [1.54, 1.807) is 36.4 Å². The minimum atomic E-state index is -0.733. The van der Waals surface area contributed by atoms with Gasteiger partial charge in [-0.05, 0) is 66.1 Å². The van der Waals surface area contributed by atoms with E-state index >= 15 is 0 Å². The Morgan fingerprint density at radius 2 is 1.56 bits per heavy atom. The zero-order valence-corrected chi connectivity index (χ0v) is 18.4. The molecule has 0 spiro atoms. The lowest BCUT2D eigenvalue weighted by atomic mass is 10.1. The van der Waals surface area contributed by atoms with Crippen LogP contribution in [0.4, 0.5) is 0 Å². The highest BCUT2D eigenvalue weighted by Gasteiger charge is 2.11. The molecule has 0 bridgehead atoms. The second kappa shape index (κ2) is 11.9. The Bertz CT molecular complexity index is 979. The van der Waals surface area contributed by atoms with Crippen molar-refractivity contribution in [2.24, 2.45) is 0 Å². The van der Waals surface area contributed by atoms with Crippen molar-refractivity contribution in [2.75, 3.05) is 19.7 Å². The van der Waals surface area contributed by atoms with Crippen molar-refractivity contribution in [3.05, 3.63) is 94.0 Å². The number of halogens is 1. The molecule has 0 aliphatic rings. The van der Waals surface area contributed by atoms with Crippen molar-refractivity contribution in [2.45, 2.75) is 25.2 Å². The fourth-order valence-corrected chi connectivity index (χ4v) is 3.36. The highest BCUT2D eigenvalue weighted by molar-refractivity contribution is 6.30. The van der Waals surface area contributed by atoms with Crippen LogP contribution < -0.4 is 10.1 Å². The number of phenols is 1. The molecule has 3 aromatic rings. The van der Waals surface area contributed by atoms with Crippen LogP contribution in [0.3, 0.4) is 0 Å². The maximum Gasteiger partial charge on any atom is 0.121 e. The molecule has 0 aromatic heterocycles. The van der Waals surface area contributed by atoms with Crippen molar-refractivity contribution in [1.82, 2.24) is 5.32 Å². The topological polar surface area (TPSA) is 102 Å². The maximum atomic E-state index is 10.3. The van der Waals surface area contributed by atoms with Gasteiger partial charge in [0, 0.05) is 17.1 Å².